The SMILES string of the molecule is CCCNC(c1cnn(CC)c1)c1ccc(Cl)cc1F. The molecule has 1 aromatic heterocycles. The van der Waals surface area contributed by atoms with Crippen molar-refractivity contribution < 1.29 is 4.39 Å². The molecule has 0 aliphatic rings. The van der Waals surface area contributed by atoms with Crippen LogP contribution in [0.25, 0.3) is 0 Å². The predicted molar refractivity (Wildman–Crippen MR) is 79.4 cm³/mol. The first-order valence-electron chi connectivity index (χ1n) is 6.86. The summed E-state index contributed by atoms with van der Waals surface area (Å²) >= 11 is 5.82. The van der Waals surface area contributed by atoms with Crippen LogP contribution in [-0.2, 0) is 6.54 Å². The molecule has 5 heteroatoms. The molecule has 3 nitrogen and oxygen atoms in total. The van der Waals surface area contributed by atoms with Crippen molar-refractivity contribution in [2.45, 2.75) is 32.9 Å². The highest BCUT2D eigenvalue weighted by Crippen LogP contribution is 2.26. The van der Waals surface area contributed by atoms with Crippen LogP contribution in [0.3, 0.4) is 0 Å². The summed E-state index contributed by atoms with van der Waals surface area (Å²) in [6, 6.07) is 4.59. The average Bonchev–Trinajstić information content (AvgIpc) is 2.90. The lowest BCUT2D eigenvalue weighted by Gasteiger charge is -2.18. The molecule has 1 heterocycles. The standard InChI is InChI=1S/C15H19ClFN3/c1-3-7-18-15(11-9-19-20(4-2)10-11)13-6-5-12(16)8-14(13)17/h5-6,8-10,15,18H,3-4,7H2,1-2H3. The Hall–Kier alpha value is -1.39. The highest BCUT2D eigenvalue weighted by molar-refractivity contribution is 6.30. The number of hydrogen-bond donors (Lipinski definition) is 1. The number of aryl methyl sites for hydroxylation is 1. The molecule has 108 valence electrons. The maximum absolute atomic E-state index is 14.2. The smallest absolute Gasteiger partial charge is 0.129 e. The van der Waals surface area contributed by atoms with Gasteiger partial charge in [0.1, 0.15) is 5.82 Å². The van der Waals surface area contributed by atoms with E-state index in [-0.39, 0.29) is 11.9 Å². The number of halogens is 2. The van der Waals surface area contributed by atoms with Crippen LogP contribution in [0.15, 0.2) is 30.6 Å². The van der Waals surface area contributed by atoms with Crippen molar-refractivity contribution in [3.63, 3.8) is 0 Å². The van der Waals surface area contributed by atoms with Crippen LogP contribution in [0.5, 0.6) is 0 Å². The van der Waals surface area contributed by atoms with Crippen molar-refractivity contribution in [3.8, 4) is 0 Å². The van der Waals surface area contributed by atoms with Gasteiger partial charge in [0.05, 0.1) is 12.2 Å². The van der Waals surface area contributed by atoms with E-state index in [0.29, 0.717) is 10.6 Å². The predicted octanol–water partition coefficient (Wildman–Crippen LogP) is 3.78. The maximum Gasteiger partial charge on any atom is 0.129 e. The summed E-state index contributed by atoms with van der Waals surface area (Å²) < 4.78 is 16.0. The molecule has 1 atom stereocenters. The molecule has 2 aromatic rings. The molecular weight excluding hydrogens is 277 g/mol. The Morgan fingerprint density at radius 2 is 2.20 bits per heavy atom. The summed E-state index contributed by atoms with van der Waals surface area (Å²) in [5, 5.41) is 8.04. The summed E-state index contributed by atoms with van der Waals surface area (Å²) in [7, 11) is 0. The monoisotopic (exact) mass is 295 g/mol. The third kappa shape index (κ3) is 3.38. The molecule has 0 aliphatic carbocycles. The minimum atomic E-state index is -0.296. The maximum atomic E-state index is 14.2. The second-order valence-corrected chi connectivity index (χ2v) is 5.12. The van der Waals surface area contributed by atoms with Crippen LogP contribution in [-0.4, -0.2) is 16.3 Å². The van der Waals surface area contributed by atoms with E-state index in [2.05, 4.69) is 17.3 Å². The lowest BCUT2D eigenvalue weighted by atomic mass is 10.0. The Morgan fingerprint density at radius 3 is 2.80 bits per heavy atom. The summed E-state index contributed by atoms with van der Waals surface area (Å²) in [5.74, 6) is -0.296. The topological polar surface area (TPSA) is 29.9 Å². The second-order valence-electron chi connectivity index (χ2n) is 4.68. The molecule has 1 unspecified atom stereocenters. The fourth-order valence-corrected chi connectivity index (χ4v) is 2.29. The number of benzene rings is 1. The van der Waals surface area contributed by atoms with Gasteiger partial charge in [-0.1, -0.05) is 24.6 Å². The van der Waals surface area contributed by atoms with E-state index >= 15 is 0 Å². The molecule has 0 amide bonds. The summed E-state index contributed by atoms with van der Waals surface area (Å²) in [6.45, 7) is 5.71. The molecule has 0 saturated carbocycles. The normalized spacial score (nSPS) is 12.6. The number of nitrogens with one attached hydrogen (secondary N) is 1. The Morgan fingerprint density at radius 1 is 1.40 bits per heavy atom. The van der Waals surface area contributed by atoms with Crippen molar-refractivity contribution in [3.05, 3.63) is 52.6 Å². The first kappa shape index (κ1) is 15.0. The Balaban J connectivity index is 2.35. The van der Waals surface area contributed by atoms with E-state index in [1.54, 1.807) is 18.3 Å². The summed E-state index contributed by atoms with van der Waals surface area (Å²) in [4.78, 5) is 0. The number of aromatic nitrogens is 2. The van der Waals surface area contributed by atoms with Crippen molar-refractivity contribution in [2.24, 2.45) is 0 Å². The molecule has 2 rings (SSSR count). The molecular formula is C15H19ClFN3. The van der Waals surface area contributed by atoms with Crippen molar-refractivity contribution in [1.82, 2.24) is 15.1 Å². The van der Waals surface area contributed by atoms with Gasteiger partial charge in [-0.3, -0.25) is 4.68 Å². The highest BCUT2D eigenvalue weighted by atomic mass is 35.5. The largest absolute Gasteiger partial charge is 0.306 e. The van der Waals surface area contributed by atoms with Crippen LogP contribution < -0.4 is 5.32 Å². The van der Waals surface area contributed by atoms with E-state index in [9.17, 15) is 4.39 Å². The minimum absolute atomic E-state index is 0.201. The van der Waals surface area contributed by atoms with Crippen molar-refractivity contribution in [2.75, 3.05) is 6.54 Å². The van der Waals surface area contributed by atoms with Crippen molar-refractivity contribution >= 4 is 11.6 Å². The Labute approximate surface area is 123 Å². The molecule has 1 aromatic carbocycles. The first-order valence-corrected chi connectivity index (χ1v) is 7.24. The number of nitrogens with zero attached hydrogens (tertiary/aromatic N) is 2. The van der Waals surface area contributed by atoms with Gasteiger partial charge in [-0.2, -0.15) is 5.10 Å². The quantitative estimate of drug-likeness (QED) is 0.879. The van der Waals surface area contributed by atoms with Gasteiger partial charge in [-0.25, -0.2) is 4.39 Å². The molecule has 1 N–H and O–H groups in total. The van der Waals surface area contributed by atoms with Crippen LogP contribution in [0.1, 0.15) is 37.4 Å². The molecule has 20 heavy (non-hydrogen) atoms. The fraction of sp³-hybridized carbons (Fsp3) is 0.400. The van der Waals surface area contributed by atoms with E-state index in [4.69, 9.17) is 11.6 Å². The van der Waals surface area contributed by atoms with Gasteiger partial charge in [0.25, 0.3) is 0 Å². The molecule has 0 spiro atoms. The van der Waals surface area contributed by atoms with E-state index < -0.39 is 0 Å². The molecule has 0 radical (unpaired) electrons. The van der Waals surface area contributed by atoms with Crippen molar-refractivity contribution in [1.29, 1.82) is 0 Å². The summed E-state index contributed by atoms with van der Waals surface area (Å²) in [6.07, 6.45) is 4.71. The third-order valence-electron chi connectivity index (χ3n) is 3.18. The zero-order chi connectivity index (χ0) is 14.5. The first-order chi connectivity index (χ1) is 9.65. The zero-order valence-electron chi connectivity index (χ0n) is 11.7. The lowest BCUT2D eigenvalue weighted by Crippen LogP contribution is -2.23. The van der Waals surface area contributed by atoms with Crippen LogP contribution >= 0.6 is 11.6 Å². The van der Waals surface area contributed by atoms with Gasteiger partial charge in [-0.15, -0.1) is 0 Å². The van der Waals surface area contributed by atoms with Gasteiger partial charge < -0.3 is 5.32 Å². The van der Waals surface area contributed by atoms with Crippen LogP contribution in [0.2, 0.25) is 5.02 Å². The van der Waals surface area contributed by atoms with Gasteiger partial charge >= 0.3 is 0 Å². The van der Waals surface area contributed by atoms with E-state index in [1.165, 1.54) is 6.07 Å². The average molecular weight is 296 g/mol. The van der Waals surface area contributed by atoms with Gasteiger partial charge in [0.2, 0.25) is 0 Å². The van der Waals surface area contributed by atoms with Crippen LogP contribution in [0.4, 0.5) is 4.39 Å². The molecule has 0 fully saturated rings. The van der Waals surface area contributed by atoms with Gasteiger partial charge in [0, 0.05) is 28.9 Å². The lowest BCUT2D eigenvalue weighted by molar-refractivity contribution is 0.546. The number of rotatable bonds is 6. The fourth-order valence-electron chi connectivity index (χ4n) is 2.13. The van der Waals surface area contributed by atoms with E-state index in [1.807, 2.05) is 17.8 Å². The van der Waals surface area contributed by atoms with Crippen LogP contribution in [0, 0.1) is 5.82 Å². The minimum Gasteiger partial charge on any atom is -0.306 e. The molecule has 0 saturated heterocycles. The van der Waals surface area contributed by atoms with E-state index in [0.717, 1.165) is 25.1 Å². The zero-order valence-corrected chi connectivity index (χ0v) is 12.5. The Kier molecular flexibility index (Phi) is 5.15. The second kappa shape index (κ2) is 6.86. The molecule has 0 bridgehead atoms. The summed E-state index contributed by atoms with van der Waals surface area (Å²) in [5.41, 5.74) is 1.56. The third-order valence-corrected chi connectivity index (χ3v) is 3.42. The van der Waals surface area contributed by atoms with Gasteiger partial charge in [0.15, 0.2) is 0 Å². The Bertz CT molecular complexity index is 568. The number of hydrogen-bond acceptors (Lipinski definition) is 2. The van der Waals surface area contributed by atoms with Gasteiger partial charge in [-0.05, 0) is 32.0 Å². The highest BCUT2D eigenvalue weighted by Gasteiger charge is 2.19. The molecule has 0 aliphatic heterocycles.